The molecule has 1 amide bonds. The van der Waals surface area contributed by atoms with E-state index in [0.717, 1.165) is 18.4 Å². The SMILES string of the molecule is COc1cc(/C=C/C(=O)C2CC2)ccc1OCC(=O)Nc1ccccc1. The molecule has 2 aromatic rings. The van der Waals surface area contributed by atoms with Gasteiger partial charge in [0.2, 0.25) is 0 Å². The largest absolute Gasteiger partial charge is 0.493 e. The van der Waals surface area contributed by atoms with Gasteiger partial charge in [-0.05, 0) is 48.7 Å². The van der Waals surface area contributed by atoms with E-state index < -0.39 is 0 Å². The van der Waals surface area contributed by atoms with Gasteiger partial charge >= 0.3 is 0 Å². The highest BCUT2D eigenvalue weighted by atomic mass is 16.5. The zero-order valence-corrected chi connectivity index (χ0v) is 14.6. The van der Waals surface area contributed by atoms with Crippen molar-refractivity contribution in [3.05, 3.63) is 60.2 Å². The number of para-hydroxylation sites is 1. The van der Waals surface area contributed by atoms with Crippen molar-refractivity contribution in [2.24, 2.45) is 5.92 Å². The molecule has 0 atom stereocenters. The van der Waals surface area contributed by atoms with Crippen molar-refractivity contribution in [1.82, 2.24) is 0 Å². The van der Waals surface area contributed by atoms with Crippen molar-refractivity contribution in [1.29, 1.82) is 0 Å². The Morgan fingerprint density at radius 3 is 2.58 bits per heavy atom. The molecular formula is C21H21NO4. The Balaban J connectivity index is 1.58. The second kappa shape index (κ2) is 8.34. The van der Waals surface area contributed by atoms with Gasteiger partial charge in [0.15, 0.2) is 23.9 Å². The fourth-order valence-electron chi connectivity index (χ4n) is 2.45. The maximum Gasteiger partial charge on any atom is 0.262 e. The number of allylic oxidation sites excluding steroid dienone is 1. The van der Waals surface area contributed by atoms with Gasteiger partial charge in [0.25, 0.3) is 5.91 Å². The highest BCUT2D eigenvalue weighted by molar-refractivity contribution is 5.96. The number of benzene rings is 2. The number of carbonyl (C=O) groups excluding carboxylic acids is 2. The molecule has 0 radical (unpaired) electrons. The van der Waals surface area contributed by atoms with Gasteiger partial charge in [0.1, 0.15) is 0 Å². The van der Waals surface area contributed by atoms with Crippen LogP contribution in [0, 0.1) is 5.92 Å². The van der Waals surface area contributed by atoms with Crippen molar-refractivity contribution < 1.29 is 19.1 Å². The number of hydrogen-bond acceptors (Lipinski definition) is 4. The van der Waals surface area contributed by atoms with Crippen LogP contribution < -0.4 is 14.8 Å². The van der Waals surface area contributed by atoms with Crippen molar-refractivity contribution >= 4 is 23.5 Å². The lowest BCUT2D eigenvalue weighted by atomic mass is 10.1. The summed E-state index contributed by atoms with van der Waals surface area (Å²) in [6, 6.07) is 14.5. The third kappa shape index (κ3) is 4.96. The molecule has 1 saturated carbocycles. The lowest BCUT2D eigenvalue weighted by molar-refractivity contribution is -0.118. The van der Waals surface area contributed by atoms with E-state index in [9.17, 15) is 9.59 Å². The van der Waals surface area contributed by atoms with E-state index in [2.05, 4.69) is 5.32 Å². The maximum absolute atomic E-state index is 12.0. The number of rotatable bonds is 8. The summed E-state index contributed by atoms with van der Waals surface area (Å²) in [5, 5.41) is 2.76. The molecule has 1 aliphatic rings. The van der Waals surface area contributed by atoms with Crippen LogP contribution in [-0.2, 0) is 9.59 Å². The molecule has 3 rings (SSSR count). The zero-order chi connectivity index (χ0) is 18.4. The van der Waals surface area contributed by atoms with E-state index in [1.165, 1.54) is 7.11 Å². The van der Waals surface area contributed by atoms with Crippen molar-refractivity contribution in [3.8, 4) is 11.5 Å². The molecule has 1 N–H and O–H groups in total. The summed E-state index contributed by atoms with van der Waals surface area (Å²) in [4.78, 5) is 23.7. The summed E-state index contributed by atoms with van der Waals surface area (Å²) < 4.78 is 10.9. The molecule has 0 heterocycles. The molecule has 0 saturated heterocycles. The molecule has 5 nitrogen and oxygen atoms in total. The Hall–Kier alpha value is -3.08. The Morgan fingerprint density at radius 2 is 1.88 bits per heavy atom. The molecule has 5 heteroatoms. The van der Waals surface area contributed by atoms with Crippen LogP contribution in [-0.4, -0.2) is 25.4 Å². The Bertz CT molecular complexity index is 810. The third-order valence-electron chi connectivity index (χ3n) is 4.02. The van der Waals surface area contributed by atoms with Gasteiger partial charge in [-0.25, -0.2) is 0 Å². The minimum Gasteiger partial charge on any atom is -0.493 e. The molecule has 0 unspecified atom stereocenters. The number of anilines is 1. The molecule has 0 bridgehead atoms. The van der Waals surface area contributed by atoms with Crippen LogP contribution in [0.3, 0.4) is 0 Å². The second-order valence-electron chi connectivity index (χ2n) is 6.12. The number of hydrogen-bond donors (Lipinski definition) is 1. The minimum absolute atomic E-state index is 0.124. The quantitative estimate of drug-likeness (QED) is 0.737. The molecular weight excluding hydrogens is 330 g/mol. The van der Waals surface area contributed by atoms with Gasteiger partial charge in [0, 0.05) is 11.6 Å². The van der Waals surface area contributed by atoms with Gasteiger partial charge in [-0.2, -0.15) is 0 Å². The maximum atomic E-state index is 12.0. The van der Waals surface area contributed by atoms with Crippen LogP contribution in [0.25, 0.3) is 6.08 Å². The van der Waals surface area contributed by atoms with Crippen LogP contribution in [0.1, 0.15) is 18.4 Å². The molecule has 0 spiro atoms. The second-order valence-corrected chi connectivity index (χ2v) is 6.12. The van der Waals surface area contributed by atoms with Crippen LogP contribution >= 0.6 is 0 Å². The van der Waals surface area contributed by atoms with E-state index in [-0.39, 0.29) is 24.2 Å². The van der Waals surface area contributed by atoms with E-state index in [0.29, 0.717) is 17.2 Å². The fraction of sp³-hybridized carbons (Fsp3) is 0.238. The van der Waals surface area contributed by atoms with Gasteiger partial charge in [-0.15, -0.1) is 0 Å². The lowest BCUT2D eigenvalue weighted by Crippen LogP contribution is -2.20. The number of carbonyl (C=O) groups is 2. The number of methoxy groups -OCH3 is 1. The first-order valence-electron chi connectivity index (χ1n) is 8.53. The Labute approximate surface area is 152 Å². The van der Waals surface area contributed by atoms with Crippen LogP contribution in [0.5, 0.6) is 11.5 Å². The molecule has 134 valence electrons. The number of amides is 1. The summed E-state index contributed by atoms with van der Waals surface area (Å²) in [5.74, 6) is 1.11. The van der Waals surface area contributed by atoms with Crippen LogP contribution in [0.2, 0.25) is 0 Å². The van der Waals surface area contributed by atoms with Gasteiger partial charge in [0.05, 0.1) is 7.11 Å². The standard InChI is InChI=1S/C21H21NO4/c1-25-20-13-15(7-11-18(23)16-9-10-16)8-12-19(20)26-14-21(24)22-17-5-3-2-4-6-17/h2-8,11-13,16H,9-10,14H2,1H3,(H,22,24)/b11-7+. The first-order chi connectivity index (χ1) is 12.7. The highest BCUT2D eigenvalue weighted by Crippen LogP contribution is 2.31. The molecule has 0 aromatic heterocycles. The van der Waals surface area contributed by atoms with Crippen molar-refractivity contribution in [3.63, 3.8) is 0 Å². The van der Waals surface area contributed by atoms with E-state index in [4.69, 9.17) is 9.47 Å². The predicted molar refractivity (Wildman–Crippen MR) is 100 cm³/mol. The summed E-state index contributed by atoms with van der Waals surface area (Å²) in [5.41, 5.74) is 1.56. The fourth-order valence-corrected chi connectivity index (χ4v) is 2.45. The number of ketones is 1. The van der Waals surface area contributed by atoms with E-state index in [1.807, 2.05) is 36.4 Å². The van der Waals surface area contributed by atoms with Gasteiger partial charge < -0.3 is 14.8 Å². The van der Waals surface area contributed by atoms with Crippen molar-refractivity contribution in [2.75, 3.05) is 19.0 Å². The molecule has 0 aliphatic heterocycles. The highest BCUT2D eigenvalue weighted by Gasteiger charge is 2.27. The molecule has 26 heavy (non-hydrogen) atoms. The van der Waals surface area contributed by atoms with E-state index in [1.54, 1.807) is 24.3 Å². The number of ether oxygens (including phenoxy) is 2. The van der Waals surface area contributed by atoms with Crippen LogP contribution in [0.4, 0.5) is 5.69 Å². The smallest absolute Gasteiger partial charge is 0.262 e. The van der Waals surface area contributed by atoms with E-state index >= 15 is 0 Å². The topological polar surface area (TPSA) is 64.6 Å². The molecule has 2 aromatic carbocycles. The summed E-state index contributed by atoms with van der Waals surface area (Å²) in [6.45, 7) is -0.124. The Kier molecular flexibility index (Phi) is 5.69. The average Bonchev–Trinajstić information content (AvgIpc) is 3.51. The zero-order valence-electron chi connectivity index (χ0n) is 14.6. The first kappa shape index (κ1) is 17.7. The van der Waals surface area contributed by atoms with Crippen LogP contribution in [0.15, 0.2) is 54.6 Å². The Morgan fingerprint density at radius 1 is 1.12 bits per heavy atom. The molecule has 1 aliphatic carbocycles. The summed E-state index contributed by atoms with van der Waals surface area (Å²) in [6.07, 6.45) is 5.37. The summed E-state index contributed by atoms with van der Waals surface area (Å²) in [7, 11) is 1.54. The predicted octanol–water partition coefficient (Wildman–Crippen LogP) is 3.71. The number of nitrogens with one attached hydrogen (secondary N) is 1. The minimum atomic E-state index is -0.253. The monoisotopic (exact) mass is 351 g/mol. The lowest BCUT2D eigenvalue weighted by Gasteiger charge is -2.11. The third-order valence-corrected chi connectivity index (χ3v) is 4.02. The average molecular weight is 351 g/mol. The first-order valence-corrected chi connectivity index (χ1v) is 8.53. The van der Waals surface area contributed by atoms with Crippen molar-refractivity contribution in [2.45, 2.75) is 12.8 Å². The normalized spacial score (nSPS) is 13.4. The van der Waals surface area contributed by atoms with Gasteiger partial charge in [-0.3, -0.25) is 9.59 Å². The molecule has 1 fully saturated rings. The van der Waals surface area contributed by atoms with Gasteiger partial charge in [-0.1, -0.05) is 30.3 Å². The summed E-state index contributed by atoms with van der Waals surface area (Å²) >= 11 is 0.